The number of aromatic amines is 1. The van der Waals surface area contributed by atoms with Crippen LogP contribution in [0.25, 0.3) is 16.5 Å². The number of rotatable bonds is 1. The van der Waals surface area contributed by atoms with Crippen molar-refractivity contribution in [1.82, 2.24) is 10.2 Å². The molecular formula is C13H12F2N2. The summed E-state index contributed by atoms with van der Waals surface area (Å²) < 4.78 is 26.2. The fourth-order valence-corrected chi connectivity index (χ4v) is 2.29. The second kappa shape index (κ2) is 3.65. The lowest BCUT2D eigenvalue weighted by Gasteiger charge is -2.21. The third-order valence-electron chi connectivity index (χ3n) is 3.24. The Morgan fingerprint density at radius 1 is 1.29 bits per heavy atom. The number of alkyl halides is 2. The minimum atomic E-state index is -2.53. The van der Waals surface area contributed by atoms with Gasteiger partial charge in [-0.2, -0.15) is 5.10 Å². The molecule has 0 amide bonds. The molecule has 1 aromatic heterocycles. The van der Waals surface area contributed by atoms with Crippen molar-refractivity contribution in [3.8, 4) is 0 Å². The van der Waals surface area contributed by atoms with Crippen molar-refractivity contribution in [3.63, 3.8) is 0 Å². The van der Waals surface area contributed by atoms with E-state index in [1.165, 1.54) is 0 Å². The van der Waals surface area contributed by atoms with Gasteiger partial charge in [0.05, 0.1) is 11.7 Å². The largest absolute Gasteiger partial charge is 0.278 e. The summed E-state index contributed by atoms with van der Waals surface area (Å²) in [4.78, 5) is 0. The van der Waals surface area contributed by atoms with E-state index in [-0.39, 0.29) is 12.8 Å². The molecule has 1 aliphatic carbocycles. The lowest BCUT2D eigenvalue weighted by molar-refractivity contribution is -0.00601. The number of H-pyrrole nitrogens is 1. The van der Waals surface area contributed by atoms with Crippen molar-refractivity contribution in [2.24, 2.45) is 0 Å². The third kappa shape index (κ3) is 1.84. The van der Waals surface area contributed by atoms with E-state index in [1.807, 2.05) is 18.2 Å². The molecule has 88 valence electrons. The summed E-state index contributed by atoms with van der Waals surface area (Å²) >= 11 is 0. The predicted molar refractivity (Wildman–Crippen MR) is 62.9 cm³/mol. The number of nitrogens with zero attached hydrogens (tertiary/aromatic N) is 1. The third-order valence-corrected chi connectivity index (χ3v) is 3.24. The van der Waals surface area contributed by atoms with Crippen LogP contribution < -0.4 is 0 Å². The molecule has 4 heteroatoms. The highest BCUT2D eigenvalue weighted by molar-refractivity contribution is 5.91. The number of aromatic nitrogens is 2. The monoisotopic (exact) mass is 234 g/mol. The van der Waals surface area contributed by atoms with Gasteiger partial charge in [0.1, 0.15) is 0 Å². The van der Waals surface area contributed by atoms with Gasteiger partial charge in [-0.3, -0.25) is 5.10 Å². The first-order valence-electron chi connectivity index (χ1n) is 5.65. The van der Waals surface area contributed by atoms with Crippen LogP contribution in [0.4, 0.5) is 8.78 Å². The Kier molecular flexibility index (Phi) is 2.24. The van der Waals surface area contributed by atoms with Crippen LogP contribution in [-0.4, -0.2) is 16.1 Å². The molecular weight excluding hydrogens is 222 g/mol. The summed E-state index contributed by atoms with van der Waals surface area (Å²) in [5, 5.41) is 7.88. The number of hydrogen-bond acceptors (Lipinski definition) is 1. The van der Waals surface area contributed by atoms with E-state index >= 15 is 0 Å². The average Bonchev–Trinajstić information content (AvgIpc) is 2.77. The molecule has 0 radical (unpaired) electrons. The molecule has 1 aromatic carbocycles. The summed E-state index contributed by atoms with van der Waals surface area (Å²) in [6.45, 7) is 0. The van der Waals surface area contributed by atoms with Gasteiger partial charge in [-0.25, -0.2) is 8.78 Å². The Morgan fingerprint density at radius 3 is 2.94 bits per heavy atom. The lowest BCUT2D eigenvalue weighted by atomic mass is 9.90. The second-order valence-corrected chi connectivity index (χ2v) is 4.43. The van der Waals surface area contributed by atoms with Gasteiger partial charge in [0.2, 0.25) is 0 Å². The van der Waals surface area contributed by atoms with E-state index < -0.39 is 5.92 Å². The van der Waals surface area contributed by atoms with E-state index in [2.05, 4.69) is 10.2 Å². The fraction of sp³-hybridized carbons (Fsp3) is 0.308. The van der Waals surface area contributed by atoms with E-state index in [0.29, 0.717) is 6.42 Å². The van der Waals surface area contributed by atoms with Crippen molar-refractivity contribution in [2.45, 2.75) is 25.2 Å². The zero-order valence-corrected chi connectivity index (χ0v) is 9.21. The van der Waals surface area contributed by atoms with Crippen molar-refractivity contribution in [3.05, 3.63) is 36.0 Å². The molecule has 0 saturated heterocycles. The molecule has 17 heavy (non-hydrogen) atoms. The van der Waals surface area contributed by atoms with Gasteiger partial charge >= 0.3 is 0 Å². The van der Waals surface area contributed by atoms with Gasteiger partial charge in [0, 0.05) is 18.2 Å². The topological polar surface area (TPSA) is 28.7 Å². The number of fused-ring (bicyclic) bond motifs is 1. The molecule has 2 aromatic rings. The van der Waals surface area contributed by atoms with Crippen molar-refractivity contribution in [2.75, 3.05) is 0 Å². The maximum absolute atomic E-state index is 13.1. The minimum absolute atomic E-state index is 0.0624. The first-order chi connectivity index (χ1) is 8.16. The number of allylic oxidation sites excluding steroid dienone is 2. The Labute approximate surface area is 97.3 Å². The van der Waals surface area contributed by atoms with E-state index in [1.54, 1.807) is 12.3 Å². The molecule has 3 rings (SSSR count). The molecule has 0 unspecified atom stereocenters. The Morgan fingerprint density at radius 2 is 2.18 bits per heavy atom. The van der Waals surface area contributed by atoms with E-state index in [0.717, 1.165) is 22.0 Å². The van der Waals surface area contributed by atoms with Crippen LogP contribution in [0.3, 0.4) is 0 Å². The quantitative estimate of drug-likeness (QED) is 0.799. The molecule has 1 heterocycles. The van der Waals surface area contributed by atoms with Crippen LogP contribution >= 0.6 is 0 Å². The molecule has 0 saturated carbocycles. The molecule has 0 atom stereocenters. The number of benzene rings is 1. The van der Waals surface area contributed by atoms with Crippen LogP contribution in [0.5, 0.6) is 0 Å². The molecule has 1 N–H and O–H groups in total. The Bertz CT molecular complexity index is 584. The van der Waals surface area contributed by atoms with Gasteiger partial charge < -0.3 is 0 Å². The van der Waals surface area contributed by atoms with Crippen LogP contribution in [0.15, 0.2) is 30.5 Å². The van der Waals surface area contributed by atoms with Crippen LogP contribution in [0, 0.1) is 0 Å². The lowest BCUT2D eigenvalue weighted by Crippen LogP contribution is -2.18. The average molecular weight is 234 g/mol. The molecule has 0 fully saturated rings. The SMILES string of the molecule is FC1(F)CC=C(c2cccc3[nH]ncc23)CC1. The van der Waals surface area contributed by atoms with Gasteiger partial charge in [-0.05, 0) is 23.6 Å². The smallest absolute Gasteiger partial charge is 0.251 e. The van der Waals surface area contributed by atoms with E-state index in [9.17, 15) is 8.78 Å². The maximum atomic E-state index is 13.1. The summed E-state index contributed by atoms with van der Waals surface area (Å²) in [6.07, 6.45) is 3.62. The fourth-order valence-electron chi connectivity index (χ4n) is 2.29. The molecule has 2 nitrogen and oxygen atoms in total. The summed E-state index contributed by atoms with van der Waals surface area (Å²) in [5.74, 6) is -2.53. The van der Waals surface area contributed by atoms with Crippen LogP contribution in [0.2, 0.25) is 0 Å². The van der Waals surface area contributed by atoms with Crippen molar-refractivity contribution < 1.29 is 8.78 Å². The standard InChI is InChI=1S/C13H12F2N2/c14-13(15)6-4-9(5-7-13)10-2-1-3-12-11(10)8-16-17-12/h1-4,8H,5-7H2,(H,16,17). The summed E-state index contributed by atoms with van der Waals surface area (Å²) in [5.41, 5.74) is 2.97. The Balaban J connectivity index is 2.05. The van der Waals surface area contributed by atoms with Gasteiger partial charge in [0.15, 0.2) is 0 Å². The number of nitrogens with one attached hydrogen (secondary N) is 1. The maximum Gasteiger partial charge on any atom is 0.251 e. The molecule has 0 spiro atoms. The first kappa shape index (κ1) is 10.4. The predicted octanol–water partition coefficient (Wildman–Crippen LogP) is 3.77. The van der Waals surface area contributed by atoms with Gasteiger partial charge in [0.25, 0.3) is 5.92 Å². The summed E-state index contributed by atoms with van der Waals surface area (Å²) in [7, 11) is 0. The van der Waals surface area contributed by atoms with Gasteiger partial charge in [-0.1, -0.05) is 18.2 Å². The molecule has 0 aliphatic heterocycles. The van der Waals surface area contributed by atoms with Crippen molar-refractivity contribution in [1.29, 1.82) is 0 Å². The van der Waals surface area contributed by atoms with E-state index in [4.69, 9.17) is 0 Å². The number of halogens is 2. The van der Waals surface area contributed by atoms with Gasteiger partial charge in [-0.15, -0.1) is 0 Å². The molecule has 0 bridgehead atoms. The van der Waals surface area contributed by atoms with Crippen molar-refractivity contribution >= 4 is 16.5 Å². The molecule has 1 aliphatic rings. The Hall–Kier alpha value is -1.71. The second-order valence-electron chi connectivity index (χ2n) is 4.43. The summed E-state index contributed by atoms with van der Waals surface area (Å²) in [6, 6.07) is 5.82. The normalized spacial score (nSPS) is 19.3. The zero-order chi connectivity index (χ0) is 11.9. The first-order valence-corrected chi connectivity index (χ1v) is 5.65. The van der Waals surface area contributed by atoms with Crippen LogP contribution in [0.1, 0.15) is 24.8 Å². The van der Waals surface area contributed by atoms with Crippen LogP contribution in [-0.2, 0) is 0 Å². The highest BCUT2D eigenvalue weighted by Gasteiger charge is 2.31. The number of hydrogen-bond donors (Lipinski definition) is 1. The highest BCUT2D eigenvalue weighted by atomic mass is 19.3. The minimum Gasteiger partial charge on any atom is -0.278 e. The highest BCUT2D eigenvalue weighted by Crippen LogP contribution is 2.37. The zero-order valence-electron chi connectivity index (χ0n) is 9.21.